The van der Waals surface area contributed by atoms with Gasteiger partial charge in [0.1, 0.15) is 5.75 Å². The molecule has 3 aliphatic rings. The van der Waals surface area contributed by atoms with Crippen LogP contribution in [0.5, 0.6) is 5.75 Å². The highest BCUT2D eigenvalue weighted by Gasteiger charge is 2.57. The van der Waals surface area contributed by atoms with Crippen molar-refractivity contribution >= 4 is 10.3 Å². The number of hydrogen-bond acceptors (Lipinski definition) is 5. The molecular weight excluding hydrogens is 390 g/mol. The molecule has 0 bridgehead atoms. The SMILES string of the molecule is CCN(CC)S(=O)(=O)Oc1ccc2c(c1)CCC1C2CC[C@@]2(C)C1C[C@@H](O)[C@@H]2O. The molecule has 3 unspecified atom stereocenters. The molecule has 162 valence electrons. The lowest BCUT2D eigenvalue weighted by molar-refractivity contribution is -0.0505. The fourth-order valence-corrected chi connectivity index (χ4v) is 7.40. The summed E-state index contributed by atoms with van der Waals surface area (Å²) < 4.78 is 31.6. The first-order chi connectivity index (χ1) is 13.7. The number of hydrogen-bond donors (Lipinski definition) is 2. The van der Waals surface area contributed by atoms with Crippen LogP contribution >= 0.6 is 0 Å². The van der Waals surface area contributed by atoms with Crippen LogP contribution in [0.15, 0.2) is 18.2 Å². The Morgan fingerprint density at radius 2 is 1.93 bits per heavy atom. The maximum atomic E-state index is 12.4. The molecule has 1 aromatic rings. The van der Waals surface area contributed by atoms with E-state index >= 15 is 0 Å². The maximum absolute atomic E-state index is 12.4. The van der Waals surface area contributed by atoms with Crippen LogP contribution < -0.4 is 4.18 Å². The van der Waals surface area contributed by atoms with Gasteiger partial charge in [0.15, 0.2) is 0 Å². The molecule has 4 rings (SSSR count). The number of benzene rings is 1. The first kappa shape index (κ1) is 21.1. The molecule has 0 amide bonds. The summed E-state index contributed by atoms with van der Waals surface area (Å²) in [5.41, 5.74) is 2.26. The van der Waals surface area contributed by atoms with Gasteiger partial charge in [0, 0.05) is 13.1 Å². The Morgan fingerprint density at radius 1 is 1.21 bits per heavy atom. The van der Waals surface area contributed by atoms with E-state index in [0.717, 1.165) is 25.7 Å². The van der Waals surface area contributed by atoms with Gasteiger partial charge in [0.25, 0.3) is 0 Å². The molecule has 29 heavy (non-hydrogen) atoms. The Hall–Kier alpha value is -1.15. The van der Waals surface area contributed by atoms with Gasteiger partial charge in [-0.3, -0.25) is 0 Å². The average molecular weight is 424 g/mol. The van der Waals surface area contributed by atoms with Crippen molar-refractivity contribution in [3.8, 4) is 5.75 Å². The zero-order valence-corrected chi connectivity index (χ0v) is 18.4. The van der Waals surface area contributed by atoms with E-state index in [2.05, 4.69) is 6.92 Å². The third kappa shape index (κ3) is 3.40. The molecule has 0 aliphatic heterocycles. The van der Waals surface area contributed by atoms with Crippen molar-refractivity contribution in [2.45, 2.75) is 71.0 Å². The molecule has 6 atom stereocenters. The maximum Gasteiger partial charge on any atom is 0.385 e. The second kappa shape index (κ2) is 7.52. The molecule has 0 heterocycles. The largest absolute Gasteiger partial charge is 0.390 e. The first-order valence-corrected chi connectivity index (χ1v) is 12.3. The van der Waals surface area contributed by atoms with Crippen LogP contribution in [0, 0.1) is 17.3 Å². The molecule has 2 fully saturated rings. The van der Waals surface area contributed by atoms with Crippen molar-refractivity contribution < 1.29 is 22.8 Å². The third-order valence-corrected chi connectivity index (χ3v) is 9.45. The Morgan fingerprint density at radius 3 is 2.62 bits per heavy atom. The number of rotatable bonds is 5. The Bertz CT molecular complexity index is 868. The lowest BCUT2D eigenvalue weighted by Gasteiger charge is -2.49. The van der Waals surface area contributed by atoms with Crippen LogP contribution in [0.3, 0.4) is 0 Å². The van der Waals surface area contributed by atoms with Gasteiger partial charge in [-0.25, -0.2) is 0 Å². The lowest BCUT2D eigenvalue weighted by Crippen LogP contribution is -2.44. The lowest BCUT2D eigenvalue weighted by atomic mass is 9.55. The minimum atomic E-state index is -3.78. The minimum Gasteiger partial charge on any atom is -0.390 e. The van der Waals surface area contributed by atoms with Gasteiger partial charge >= 0.3 is 10.3 Å². The molecule has 6 nitrogen and oxygen atoms in total. The van der Waals surface area contributed by atoms with E-state index in [1.165, 1.54) is 15.4 Å². The van der Waals surface area contributed by atoms with Crippen LogP contribution in [0.1, 0.15) is 63.5 Å². The van der Waals surface area contributed by atoms with Crippen LogP contribution in [-0.4, -0.2) is 48.2 Å². The second-order valence-corrected chi connectivity index (χ2v) is 10.7. The number of aryl methyl sites for hydroxylation is 1. The van der Waals surface area contributed by atoms with Gasteiger partial charge in [0.05, 0.1) is 12.2 Å². The summed E-state index contributed by atoms with van der Waals surface area (Å²) in [6.07, 6.45) is 3.21. The van der Waals surface area contributed by atoms with Gasteiger partial charge in [0.2, 0.25) is 0 Å². The summed E-state index contributed by atoms with van der Waals surface area (Å²) in [5, 5.41) is 20.8. The van der Waals surface area contributed by atoms with Crippen LogP contribution in [0.2, 0.25) is 0 Å². The average Bonchev–Trinajstić information content (AvgIpc) is 2.91. The fraction of sp³-hybridized carbons (Fsp3) is 0.727. The quantitative estimate of drug-likeness (QED) is 0.760. The molecule has 1 aromatic carbocycles. The van der Waals surface area contributed by atoms with Gasteiger partial charge in [-0.2, -0.15) is 12.7 Å². The molecule has 3 aliphatic carbocycles. The molecule has 2 N–H and O–H groups in total. The highest BCUT2D eigenvalue weighted by molar-refractivity contribution is 7.84. The van der Waals surface area contributed by atoms with Crippen molar-refractivity contribution in [3.05, 3.63) is 29.3 Å². The smallest absolute Gasteiger partial charge is 0.385 e. The minimum absolute atomic E-state index is 0.195. The first-order valence-electron chi connectivity index (χ1n) is 10.9. The highest BCUT2D eigenvalue weighted by Crippen LogP contribution is 2.60. The molecule has 7 heteroatoms. The number of fused-ring (bicyclic) bond motifs is 5. The van der Waals surface area contributed by atoms with E-state index < -0.39 is 22.5 Å². The molecule has 0 spiro atoms. The normalized spacial score (nSPS) is 36.4. The van der Waals surface area contributed by atoms with E-state index in [1.807, 2.05) is 12.1 Å². The Balaban J connectivity index is 1.57. The summed E-state index contributed by atoms with van der Waals surface area (Å²) in [5.74, 6) is 1.57. The zero-order valence-electron chi connectivity index (χ0n) is 17.5. The number of nitrogens with zero attached hydrogens (tertiary/aromatic N) is 1. The summed E-state index contributed by atoms with van der Waals surface area (Å²) in [7, 11) is -3.78. The van der Waals surface area contributed by atoms with Crippen molar-refractivity contribution in [2.75, 3.05) is 13.1 Å². The zero-order chi connectivity index (χ0) is 21.0. The molecule has 2 saturated carbocycles. The van der Waals surface area contributed by atoms with Crippen LogP contribution in [0.25, 0.3) is 0 Å². The summed E-state index contributed by atoms with van der Waals surface area (Å²) in [6, 6.07) is 5.69. The van der Waals surface area contributed by atoms with Crippen molar-refractivity contribution in [1.29, 1.82) is 0 Å². The molecule has 0 radical (unpaired) electrons. The summed E-state index contributed by atoms with van der Waals surface area (Å²) >= 11 is 0. The summed E-state index contributed by atoms with van der Waals surface area (Å²) in [6.45, 7) is 6.49. The fourth-order valence-electron chi connectivity index (χ4n) is 6.31. The molecule has 0 aromatic heterocycles. The highest BCUT2D eigenvalue weighted by atomic mass is 32.2. The van der Waals surface area contributed by atoms with Crippen LogP contribution in [-0.2, 0) is 16.7 Å². The van der Waals surface area contributed by atoms with E-state index in [0.29, 0.717) is 43.0 Å². The third-order valence-electron chi connectivity index (χ3n) is 7.89. The number of aliphatic hydroxyl groups is 2. The molecule has 0 saturated heterocycles. The predicted octanol–water partition coefficient (Wildman–Crippen LogP) is 2.84. The van der Waals surface area contributed by atoms with Gasteiger partial charge in [-0.1, -0.05) is 26.8 Å². The Labute approximate surface area is 174 Å². The van der Waals surface area contributed by atoms with Crippen molar-refractivity contribution in [2.24, 2.45) is 17.3 Å². The molecular formula is C22H33NO5S. The van der Waals surface area contributed by atoms with Crippen molar-refractivity contribution in [1.82, 2.24) is 4.31 Å². The predicted molar refractivity (Wildman–Crippen MR) is 111 cm³/mol. The summed E-state index contributed by atoms with van der Waals surface area (Å²) in [4.78, 5) is 0. The van der Waals surface area contributed by atoms with Gasteiger partial charge in [-0.15, -0.1) is 0 Å². The van der Waals surface area contributed by atoms with E-state index in [1.54, 1.807) is 19.9 Å². The van der Waals surface area contributed by atoms with Gasteiger partial charge < -0.3 is 14.4 Å². The van der Waals surface area contributed by atoms with E-state index in [-0.39, 0.29) is 5.41 Å². The monoisotopic (exact) mass is 423 g/mol. The van der Waals surface area contributed by atoms with E-state index in [4.69, 9.17) is 4.18 Å². The van der Waals surface area contributed by atoms with E-state index in [9.17, 15) is 18.6 Å². The topological polar surface area (TPSA) is 87.1 Å². The van der Waals surface area contributed by atoms with Gasteiger partial charge in [-0.05, 0) is 78.5 Å². The standard InChI is InChI=1S/C22H33NO5S/c1-4-23(5-2)29(26,27)28-15-7-9-16-14(12-15)6-8-18-17(16)10-11-22(3)19(18)13-20(24)21(22)25/h7,9,12,17-21,24-25H,4-6,8,10-11,13H2,1-3H3/t17?,18?,19?,20-,21+,22+/m1/s1. The second-order valence-electron chi connectivity index (χ2n) is 9.19. The van der Waals surface area contributed by atoms with Crippen LogP contribution in [0.4, 0.5) is 0 Å². The Kier molecular flexibility index (Phi) is 5.47. The van der Waals surface area contributed by atoms with Crippen molar-refractivity contribution in [3.63, 3.8) is 0 Å². The number of aliphatic hydroxyl groups excluding tert-OH is 2.